The molecule has 208 valence electrons. The smallest absolute Gasteiger partial charge is 0.0547 e. The van der Waals surface area contributed by atoms with E-state index in [4.69, 9.17) is 0 Å². The molecular formula is C44H27N. The largest absolute Gasteiger partial charge is 0.309 e. The first-order chi connectivity index (χ1) is 22.3. The lowest BCUT2D eigenvalue weighted by atomic mass is 9.92. The zero-order valence-corrected chi connectivity index (χ0v) is 24.5. The molecule has 1 heterocycles. The van der Waals surface area contributed by atoms with Gasteiger partial charge in [-0.1, -0.05) is 133 Å². The minimum Gasteiger partial charge on any atom is -0.309 e. The summed E-state index contributed by atoms with van der Waals surface area (Å²) in [6.45, 7) is 0. The highest BCUT2D eigenvalue weighted by molar-refractivity contribution is 6.29. The minimum atomic E-state index is 1.17. The lowest BCUT2D eigenvalue weighted by Crippen LogP contribution is -1.94. The molecule has 0 spiro atoms. The number of rotatable bonds is 2. The highest BCUT2D eigenvalue weighted by Gasteiger charge is 2.17. The van der Waals surface area contributed by atoms with Gasteiger partial charge in [-0.2, -0.15) is 0 Å². The predicted molar refractivity (Wildman–Crippen MR) is 194 cm³/mol. The van der Waals surface area contributed by atoms with Gasteiger partial charge in [0.25, 0.3) is 0 Å². The summed E-state index contributed by atoms with van der Waals surface area (Å²) < 4.78 is 2.44. The Balaban J connectivity index is 1.19. The summed E-state index contributed by atoms with van der Waals surface area (Å²) in [4.78, 5) is 0. The first-order valence-electron chi connectivity index (χ1n) is 15.6. The van der Waals surface area contributed by atoms with E-state index in [1.165, 1.54) is 92.5 Å². The van der Waals surface area contributed by atoms with Gasteiger partial charge in [0, 0.05) is 16.5 Å². The number of fused-ring (bicyclic) bond motifs is 13. The molecule has 0 radical (unpaired) electrons. The summed E-state index contributed by atoms with van der Waals surface area (Å²) in [6.07, 6.45) is 0. The monoisotopic (exact) mass is 569 g/mol. The van der Waals surface area contributed by atoms with Gasteiger partial charge in [-0.3, -0.25) is 0 Å². The molecule has 0 aliphatic rings. The van der Waals surface area contributed by atoms with Gasteiger partial charge in [-0.15, -0.1) is 0 Å². The Bertz CT molecular complexity index is 2670. The van der Waals surface area contributed by atoms with Crippen molar-refractivity contribution in [2.75, 3.05) is 0 Å². The second kappa shape index (κ2) is 9.29. The van der Waals surface area contributed by atoms with Gasteiger partial charge in [-0.05, 0) is 95.3 Å². The van der Waals surface area contributed by atoms with E-state index >= 15 is 0 Å². The molecule has 1 heteroatoms. The van der Waals surface area contributed by atoms with Gasteiger partial charge in [0.2, 0.25) is 0 Å². The summed E-state index contributed by atoms with van der Waals surface area (Å²) >= 11 is 0. The maximum absolute atomic E-state index is 2.44. The molecule has 10 aromatic rings. The van der Waals surface area contributed by atoms with Crippen LogP contribution in [0.1, 0.15) is 0 Å². The van der Waals surface area contributed by atoms with Crippen LogP contribution < -0.4 is 0 Å². The van der Waals surface area contributed by atoms with Crippen LogP contribution in [0.25, 0.3) is 92.5 Å². The van der Waals surface area contributed by atoms with Crippen LogP contribution in [0.2, 0.25) is 0 Å². The van der Waals surface area contributed by atoms with Gasteiger partial charge in [-0.25, -0.2) is 0 Å². The van der Waals surface area contributed by atoms with E-state index in [9.17, 15) is 0 Å². The van der Waals surface area contributed by atoms with Gasteiger partial charge in [0.05, 0.1) is 11.0 Å². The molecule has 10 rings (SSSR count). The summed E-state index contributed by atoms with van der Waals surface area (Å²) in [7, 11) is 0. The predicted octanol–water partition coefficient (Wildman–Crippen LogP) is 12.2. The van der Waals surface area contributed by atoms with Crippen LogP contribution in [-0.4, -0.2) is 4.57 Å². The molecular weight excluding hydrogens is 542 g/mol. The molecule has 0 unspecified atom stereocenters. The maximum Gasteiger partial charge on any atom is 0.0547 e. The van der Waals surface area contributed by atoms with E-state index < -0.39 is 0 Å². The van der Waals surface area contributed by atoms with Crippen molar-refractivity contribution in [2.24, 2.45) is 0 Å². The Hall–Kier alpha value is -5.92. The fraction of sp³-hybridized carbons (Fsp3) is 0. The van der Waals surface area contributed by atoms with E-state index in [0.717, 1.165) is 0 Å². The van der Waals surface area contributed by atoms with Crippen LogP contribution in [0.5, 0.6) is 0 Å². The zero-order valence-electron chi connectivity index (χ0n) is 24.5. The topological polar surface area (TPSA) is 4.93 Å². The van der Waals surface area contributed by atoms with Gasteiger partial charge < -0.3 is 4.57 Å². The second-order valence-corrected chi connectivity index (χ2v) is 12.1. The lowest BCUT2D eigenvalue weighted by molar-refractivity contribution is 1.18. The van der Waals surface area contributed by atoms with Crippen molar-refractivity contribution in [3.63, 3.8) is 0 Å². The molecule has 0 saturated heterocycles. The van der Waals surface area contributed by atoms with Crippen LogP contribution in [0.4, 0.5) is 0 Å². The van der Waals surface area contributed by atoms with E-state index in [-0.39, 0.29) is 0 Å². The highest BCUT2D eigenvalue weighted by Crippen LogP contribution is 2.41. The van der Waals surface area contributed by atoms with Crippen LogP contribution in [0.15, 0.2) is 164 Å². The Kier molecular flexibility index (Phi) is 5.06. The quantitative estimate of drug-likeness (QED) is 0.183. The molecule has 1 nitrogen and oxygen atoms in total. The van der Waals surface area contributed by atoms with Crippen LogP contribution >= 0.6 is 0 Å². The first-order valence-corrected chi connectivity index (χ1v) is 15.6. The van der Waals surface area contributed by atoms with E-state index in [0.29, 0.717) is 0 Å². The number of benzene rings is 9. The number of nitrogens with zero attached hydrogens (tertiary/aromatic N) is 1. The molecule has 0 amide bonds. The van der Waals surface area contributed by atoms with Gasteiger partial charge in [0.15, 0.2) is 0 Å². The fourth-order valence-corrected chi connectivity index (χ4v) is 7.72. The van der Waals surface area contributed by atoms with Crippen molar-refractivity contribution < 1.29 is 0 Å². The Morgan fingerprint density at radius 1 is 0.289 bits per heavy atom. The third-order valence-corrected chi connectivity index (χ3v) is 9.75. The van der Waals surface area contributed by atoms with Crippen molar-refractivity contribution in [2.45, 2.75) is 0 Å². The maximum atomic E-state index is 2.44. The van der Waals surface area contributed by atoms with E-state index in [1.807, 2.05) is 0 Å². The van der Waals surface area contributed by atoms with Crippen LogP contribution in [-0.2, 0) is 0 Å². The Morgan fingerprint density at radius 3 is 1.24 bits per heavy atom. The number of hydrogen-bond donors (Lipinski definition) is 0. The average Bonchev–Trinajstić information content (AvgIpc) is 3.47. The number of hydrogen-bond acceptors (Lipinski definition) is 0. The third-order valence-electron chi connectivity index (χ3n) is 9.75. The van der Waals surface area contributed by atoms with Gasteiger partial charge >= 0.3 is 0 Å². The van der Waals surface area contributed by atoms with E-state index in [1.54, 1.807) is 0 Å². The summed E-state index contributed by atoms with van der Waals surface area (Å²) in [5.74, 6) is 0. The lowest BCUT2D eigenvalue weighted by Gasteiger charge is -2.13. The summed E-state index contributed by atoms with van der Waals surface area (Å²) in [5.41, 5.74) is 6.08. The SMILES string of the molecule is c1ccc2c(c1)ccc1c2c2c3ccccc3ccc2n1-c1ccc(-c2ccc3c4ccccc4c4ccccc4c3c2)cc1. The van der Waals surface area contributed by atoms with Gasteiger partial charge in [0.1, 0.15) is 0 Å². The molecule has 0 bridgehead atoms. The Labute approximate surface area is 260 Å². The molecule has 9 aromatic carbocycles. The second-order valence-electron chi connectivity index (χ2n) is 12.1. The third kappa shape index (κ3) is 3.50. The summed E-state index contributed by atoms with van der Waals surface area (Å²) in [5, 5.41) is 15.6. The number of aromatic nitrogens is 1. The standard InChI is InChI=1S/C44H27N/c1-3-11-33-29(9-1)20-25-41-43(33)44-34-12-4-2-10-30(34)21-26-42(44)45(41)32-22-17-28(18-23-32)31-19-24-39-37-15-6-5-13-35(37)36-14-7-8-16-38(36)40(39)27-31/h1-27H. The highest BCUT2D eigenvalue weighted by atomic mass is 15.0. The van der Waals surface area contributed by atoms with Crippen molar-refractivity contribution >= 4 is 75.7 Å². The van der Waals surface area contributed by atoms with E-state index in [2.05, 4.69) is 168 Å². The van der Waals surface area contributed by atoms with Crippen molar-refractivity contribution in [3.8, 4) is 16.8 Å². The van der Waals surface area contributed by atoms with Crippen molar-refractivity contribution in [1.29, 1.82) is 0 Å². The molecule has 0 fully saturated rings. The first kappa shape index (κ1) is 24.5. The molecule has 1 aromatic heterocycles. The fourth-order valence-electron chi connectivity index (χ4n) is 7.72. The summed E-state index contributed by atoms with van der Waals surface area (Å²) in [6, 6.07) is 60.2. The molecule has 45 heavy (non-hydrogen) atoms. The average molecular weight is 570 g/mol. The molecule has 0 N–H and O–H groups in total. The molecule has 0 aliphatic heterocycles. The van der Waals surface area contributed by atoms with Crippen molar-refractivity contribution in [3.05, 3.63) is 164 Å². The minimum absolute atomic E-state index is 1.17. The normalized spacial score (nSPS) is 12.0. The van der Waals surface area contributed by atoms with Crippen LogP contribution in [0, 0.1) is 0 Å². The molecule has 0 aliphatic carbocycles. The Morgan fingerprint density at radius 2 is 0.711 bits per heavy atom. The van der Waals surface area contributed by atoms with Crippen molar-refractivity contribution in [1.82, 2.24) is 4.57 Å². The zero-order chi connectivity index (χ0) is 29.5. The molecule has 0 atom stereocenters. The van der Waals surface area contributed by atoms with Crippen LogP contribution in [0.3, 0.4) is 0 Å². The molecule has 0 saturated carbocycles.